The number of carbonyl (C=O) groups excluding carboxylic acids is 1. The molecule has 1 amide bonds. The van der Waals surface area contributed by atoms with Crippen molar-refractivity contribution in [1.29, 1.82) is 0 Å². The van der Waals surface area contributed by atoms with Crippen molar-refractivity contribution in [3.63, 3.8) is 0 Å². The number of benzene rings is 1. The van der Waals surface area contributed by atoms with Crippen molar-refractivity contribution in [2.75, 3.05) is 0 Å². The van der Waals surface area contributed by atoms with Crippen LogP contribution in [-0.4, -0.2) is 27.8 Å². The summed E-state index contributed by atoms with van der Waals surface area (Å²) >= 11 is 3.23. The van der Waals surface area contributed by atoms with Crippen molar-refractivity contribution < 1.29 is 15.0 Å². The van der Waals surface area contributed by atoms with Gasteiger partial charge in [0.15, 0.2) is 0 Å². The second-order valence-corrected chi connectivity index (χ2v) is 5.43. The average molecular weight is 302 g/mol. The number of hydrogen-bond acceptors (Lipinski definition) is 3. The van der Waals surface area contributed by atoms with E-state index < -0.39 is 17.6 Å². The van der Waals surface area contributed by atoms with Gasteiger partial charge in [-0.25, -0.2) is 0 Å². The van der Waals surface area contributed by atoms with Gasteiger partial charge in [-0.05, 0) is 39.0 Å². The number of hydrogen-bond donors (Lipinski definition) is 3. The van der Waals surface area contributed by atoms with Crippen LogP contribution in [0.3, 0.4) is 0 Å². The molecule has 0 aliphatic heterocycles. The number of carbonyl (C=O) groups is 1. The van der Waals surface area contributed by atoms with E-state index in [1.165, 1.54) is 12.1 Å². The minimum absolute atomic E-state index is 0.0907. The highest BCUT2D eigenvalue weighted by Crippen LogP contribution is 2.22. The number of nitrogens with one attached hydrogen (secondary N) is 1. The van der Waals surface area contributed by atoms with Gasteiger partial charge in [0, 0.05) is 4.47 Å². The second-order valence-electron chi connectivity index (χ2n) is 4.51. The summed E-state index contributed by atoms with van der Waals surface area (Å²) < 4.78 is 0.704. The molecule has 1 unspecified atom stereocenters. The van der Waals surface area contributed by atoms with Crippen LogP contribution in [0.25, 0.3) is 0 Å². The third-order valence-corrected chi connectivity index (χ3v) is 3.18. The van der Waals surface area contributed by atoms with E-state index in [0.29, 0.717) is 4.47 Å². The molecule has 1 aromatic carbocycles. The van der Waals surface area contributed by atoms with E-state index in [9.17, 15) is 15.0 Å². The largest absolute Gasteiger partial charge is 0.507 e. The smallest absolute Gasteiger partial charge is 0.255 e. The first-order chi connectivity index (χ1) is 7.74. The molecule has 0 aliphatic rings. The molecule has 3 N–H and O–H groups in total. The van der Waals surface area contributed by atoms with Crippen molar-refractivity contribution in [2.24, 2.45) is 0 Å². The predicted octanol–water partition coefficient (Wildman–Crippen LogP) is 2.04. The first-order valence-corrected chi connectivity index (χ1v) is 6.02. The number of aromatic hydroxyl groups is 1. The van der Waals surface area contributed by atoms with Crippen molar-refractivity contribution in [3.05, 3.63) is 28.2 Å². The highest BCUT2D eigenvalue weighted by atomic mass is 79.9. The number of phenolic OH excluding ortho intramolecular Hbond substituents is 1. The van der Waals surface area contributed by atoms with Crippen LogP contribution in [0.2, 0.25) is 0 Å². The third-order valence-electron chi connectivity index (χ3n) is 2.68. The molecule has 1 atom stereocenters. The molecule has 5 heteroatoms. The second kappa shape index (κ2) is 5.06. The van der Waals surface area contributed by atoms with Crippen LogP contribution in [-0.2, 0) is 0 Å². The zero-order valence-electron chi connectivity index (χ0n) is 9.99. The molecule has 0 fully saturated rings. The van der Waals surface area contributed by atoms with E-state index in [4.69, 9.17) is 0 Å². The lowest BCUT2D eigenvalue weighted by molar-refractivity contribution is 0.0707. The SMILES string of the molecule is CC(O)C(C)(C)NC(=O)c1cc(Br)ccc1O. The van der Waals surface area contributed by atoms with Gasteiger partial charge in [0.05, 0.1) is 17.2 Å². The summed E-state index contributed by atoms with van der Waals surface area (Å²) in [6.45, 7) is 5.02. The number of phenols is 1. The number of amides is 1. The van der Waals surface area contributed by atoms with Crippen molar-refractivity contribution >= 4 is 21.8 Å². The summed E-state index contributed by atoms with van der Waals surface area (Å²) in [4.78, 5) is 11.9. The number of rotatable bonds is 3. The summed E-state index contributed by atoms with van der Waals surface area (Å²) in [7, 11) is 0. The molecule has 1 aromatic rings. The Morgan fingerprint density at radius 3 is 2.59 bits per heavy atom. The number of aliphatic hydroxyl groups excluding tert-OH is 1. The maximum absolute atomic E-state index is 11.9. The fourth-order valence-electron chi connectivity index (χ4n) is 1.15. The number of halogens is 1. The number of aliphatic hydroxyl groups is 1. The van der Waals surface area contributed by atoms with Crippen LogP contribution in [0.4, 0.5) is 0 Å². The molecule has 0 saturated heterocycles. The zero-order chi connectivity index (χ0) is 13.2. The molecule has 4 nitrogen and oxygen atoms in total. The lowest BCUT2D eigenvalue weighted by atomic mass is 9.98. The van der Waals surface area contributed by atoms with Gasteiger partial charge in [-0.2, -0.15) is 0 Å². The Bertz CT molecular complexity index is 430. The molecule has 0 aliphatic carbocycles. The Balaban J connectivity index is 2.94. The van der Waals surface area contributed by atoms with Crippen molar-refractivity contribution in [3.8, 4) is 5.75 Å². The molecule has 0 saturated carbocycles. The van der Waals surface area contributed by atoms with Crippen LogP contribution < -0.4 is 5.32 Å². The van der Waals surface area contributed by atoms with Crippen LogP contribution in [0.5, 0.6) is 5.75 Å². The van der Waals surface area contributed by atoms with Gasteiger partial charge in [-0.3, -0.25) is 4.79 Å². The molecular weight excluding hydrogens is 286 g/mol. The van der Waals surface area contributed by atoms with Crippen LogP contribution in [0, 0.1) is 0 Å². The topological polar surface area (TPSA) is 69.6 Å². The molecule has 0 spiro atoms. The van der Waals surface area contributed by atoms with E-state index in [0.717, 1.165) is 0 Å². The molecule has 0 radical (unpaired) electrons. The van der Waals surface area contributed by atoms with Crippen molar-refractivity contribution in [1.82, 2.24) is 5.32 Å². The van der Waals surface area contributed by atoms with E-state index in [1.807, 2.05) is 0 Å². The van der Waals surface area contributed by atoms with E-state index in [-0.39, 0.29) is 11.3 Å². The molecule has 0 bridgehead atoms. The molecule has 0 aromatic heterocycles. The highest BCUT2D eigenvalue weighted by Gasteiger charge is 2.27. The fourth-order valence-corrected chi connectivity index (χ4v) is 1.52. The summed E-state index contributed by atoms with van der Waals surface area (Å²) in [6.07, 6.45) is -0.694. The van der Waals surface area contributed by atoms with Gasteiger partial charge in [-0.15, -0.1) is 0 Å². The van der Waals surface area contributed by atoms with E-state index in [1.54, 1.807) is 26.8 Å². The van der Waals surface area contributed by atoms with Gasteiger partial charge in [-0.1, -0.05) is 15.9 Å². The van der Waals surface area contributed by atoms with Gasteiger partial charge >= 0.3 is 0 Å². The van der Waals surface area contributed by atoms with Gasteiger partial charge in [0.25, 0.3) is 5.91 Å². The Morgan fingerprint density at radius 2 is 2.06 bits per heavy atom. The fraction of sp³-hybridized carbons (Fsp3) is 0.417. The Labute approximate surface area is 109 Å². The first kappa shape index (κ1) is 14.0. The first-order valence-electron chi connectivity index (χ1n) is 5.23. The minimum Gasteiger partial charge on any atom is -0.507 e. The highest BCUT2D eigenvalue weighted by molar-refractivity contribution is 9.10. The predicted molar refractivity (Wildman–Crippen MR) is 69.0 cm³/mol. The van der Waals surface area contributed by atoms with Crippen LogP contribution in [0.15, 0.2) is 22.7 Å². The average Bonchev–Trinajstić information content (AvgIpc) is 2.20. The monoisotopic (exact) mass is 301 g/mol. The summed E-state index contributed by atoms with van der Waals surface area (Å²) in [5, 5.41) is 21.8. The summed E-state index contributed by atoms with van der Waals surface area (Å²) in [6, 6.07) is 4.61. The van der Waals surface area contributed by atoms with Crippen LogP contribution in [0.1, 0.15) is 31.1 Å². The maximum atomic E-state index is 11.9. The zero-order valence-corrected chi connectivity index (χ0v) is 11.6. The van der Waals surface area contributed by atoms with E-state index >= 15 is 0 Å². The van der Waals surface area contributed by atoms with Crippen LogP contribution >= 0.6 is 15.9 Å². The van der Waals surface area contributed by atoms with Gasteiger partial charge in [0.1, 0.15) is 5.75 Å². The lowest BCUT2D eigenvalue weighted by Gasteiger charge is -2.29. The molecule has 0 heterocycles. The molecular formula is C12H16BrNO3. The Morgan fingerprint density at radius 1 is 1.47 bits per heavy atom. The van der Waals surface area contributed by atoms with E-state index in [2.05, 4.69) is 21.2 Å². The summed E-state index contributed by atoms with van der Waals surface area (Å²) in [5.41, 5.74) is -0.584. The Hall–Kier alpha value is -1.07. The molecule has 1 rings (SSSR count). The van der Waals surface area contributed by atoms with Crippen molar-refractivity contribution in [2.45, 2.75) is 32.4 Å². The quantitative estimate of drug-likeness (QED) is 0.800. The third kappa shape index (κ3) is 3.44. The van der Waals surface area contributed by atoms with Gasteiger partial charge < -0.3 is 15.5 Å². The lowest BCUT2D eigenvalue weighted by Crippen LogP contribution is -2.50. The van der Waals surface area contributed by atoms with Gasteiger partial charge in [0.2, 0.25) is 0 Å². The molecule has 17 heavy (non-hydrogen) atoms. The normalized spacial score (nSPS) is 13.2. The standard InChI is InChI=1S/C12H16BrNO3/c1-7(15)12(2,3)14-11(17)9-6-8(13)4-5-10(9)16/h4-7,15-16H,1-3H3,(H,14,17). The Kier molecular flexibility index (Phi) is 4.16. The minimum atomic E-state index is -0.758. The molecule has 94 valence electrons. The summed E-state index contributed by atoms with van der Waals surface area (Å²) in [5.74, 6) is -0.512. The maximum Gasteiger partial charge on any atom is 0.255 e.